The van der Waals surface area contributed by atoms with E-state index in [1.165, 1.54) is 25.3 Å². The predicted molar refractivity (Wildman–Crippen MR) is 77.3 cm³/mol. The van der Waals surface area contributed by atoms with Gasteiger partial charge in [0.2, 0.25) is 15.9 Å². The highest BCUT2D eigenvalue weighted by Crippen LogP contribution is 2.26. The number of nitrogens with zero attached hydrogens (tertiary/aromatic N) is 1. The summed E-state index contributed by atoms with van der Waals surface area (Å²) >= 11 is 3.16. The Hall–Kier alpha value is -1.45. The number of hydrogen-bond donors (Lipinski definition) is 1. The van der Waals surface area contributed by atoms with Crippen LogP contribution < -0.4 is 5.32 Å². The van der Waals surface area contributed by atoms with E-state index >= 15 is 0 Å². The van der Waals surface area contributed by atoms with Crippen molar-refractivity contribution in [1.29, 1.82) is 0 Å². The lowest BCUT2D eigenvalue weighted by Crippen LogP contribution is -2.49. The molecule has 0 aliphatic carbocycles. The Kier molecular flexibility index (Phi) is 4.64. The van der Waals surface area contributed by atoms with Crippen LogP contribution in [0.15, 0.2) is 27.6 Å². The van der Waals surface area contributed by atoms with Crippen molar-refractivity contribution in [3.8, 4) is 0 Å². The number of esters is 1. The summed E-state index contributed by atoms with van der Waals surface area (Å²) in [5.41, 5.74) is 0.126. The summed E-state index contributed by atoms with van der Waals surface area (Å²) in [6, 6.07) is 4.15. The van der Waals surface area contributed by atoms with Gasteiger partial charge in [-0.2, -0.15) is 4.31 Å². The van der Waals surface area contributed by atoms with Crippen molar-refractivity contribution in [2.24, 2.45) is 0 Å². The van der Waals surface area contributed by atoms with Gasteiger partial charge in [0.15, 0.2) is 0 Å². The molecule has 1 aromatic rings. The fourth-order valence-electron chi connectivity index (χ4n) is 1.91. The molecule has 0 unspecified atom stereocenters. The Morgan fingerprint density at radius 3 is 2.76 bits per heavy atom. The number of rotatable bonds is 3. The number of methoxy groups -OCH3 is 1. The molecule has 1 aliphatic rings. The molecule has 0 radical (unpaired) electrons. The quantitative estimate of drug-likeness (QED) is 0.768. The van der Waals surface area contributed by atoms with Gasteiger partial charge >= 0.3 is 5.97 Å². The van der Waals surface area contributed by atoms with Crippen molar-refractivity contribution in [1.82, 2.24) is 9.62 Å². The number of carbonyl (C=O) groups excluding carboxylic acids is 2. The second kappa shape index (κ2) is 6.12. The molecule has 7 nitrogen and oxygen atoms in total. The predicted octanol–water partition coefficient (Wildman–Crippen LogP) is 0.356. The zero-order valence-electron chi connectivity index (χ0n) is 11.1. The summed E-state index contributed by atoms with van der Waals surface area (Å²) in [4.78, 5) is 22.8. The van der Waals surface area contributed by atoms with Gasteiger partial charge in [-0.15, -0.1) is 0 Å². The lowest BCUT2D eigenvalue weighted by atomic mass is 10.2. The number of hydrogen-bond acceptors (Lipinski definition) is 5. The molecule has 1 saturated heterocycles. The normalized spacial score (nSPS) is 16.4. The minimum absolute atomic E-state index is 0.0694. The van der Waals surface area contributed by atoms with E-state index in [0.29, 0.717) is 4.47 Å². The molecule has 9 heteroatoms. The Balaban J connectivity index is 2.43. The Bertz CT molecular complexity index is 689. The fourth-order valence-corrected chi connectivity index (χ4v) is 4.25. The second-order valence-corrected chi connectivity index (χ2v) is 7.09. The van der Waals surface area contributed by atoms with Gasteiger partial charge in [0.1, 0.15) is 0 Å². The van der Waals surface area contributed by atoms with E-state index in [-0.39, 0.29) is 36.0 Å². The number of ether oxygens (including phenoxy) is 1. The molecule has 1 aromatic carbocycles. The second-order valence-electron chi connectivity index (χ2n) is 4.33. The van der Waals surface area contributed by atoms with Crippen molar-refractivity contribution < 1.29 is 22.7 Å². The van der Waals surface area contributed by atoms with Crippen LogP contribution in [0.5, 0.6) is 0 Å². The van der Waals surface area contributed by atoms with Gasteiger partial charge in [0.05, 0.1) is 24.1 Å². The first-order chi connectivity index (χ1) is 9.86. The number of piperazine rings is 1. The van der Waals surface area contributed by atoms with Gasteiger partial charge in [-0.05, 0) is 34.1 Å². The molecule has 0 saturated carbocycles. The highest BCUT2D eigenvalue weighted by molar-refractivity contribution is 9.10. The largest absolute Gasteiger partial charge is 0.465 e. The number of halogens is 1. The van der Waals surface area contributed by atoms with Gasteiger partial charge < -0.3 is 10.1 Å². The lowest BCUT2D eigenvalue weighted by molar-refractivity contribution is -0.122. The van der Waals surface area contributed by atoms with Gasteiger partial charge in [-0.3, -0.25) is 4.79 Å². The number of amides is 1. The van der Waals surface area contributed by atoms with Gasteiger partial charge in [0.25, 0.3) is 0 Å². The maximum Gasteiger partial charge on any atom is 0.337 e. The molecule has 0 atom stereocenters. The summed E-state index contributed by atoms with van der Waals surface area (Å²) in [6.07, 6.45) is 0. The number of sulfonamides is 1. The third-order valence-electron chi connectivity index (χ3n) is 2.97. The van der Waals surface area contributed by atoms with Crippen LogP contribution in [0.2, 0.25) is 0 Å². The minimum Gasteiger partial charge on any atom is -0.465 e. The van der Waals surface area contributed by atoms with Crippen molar-refractivity contribution in [3.05, 3.63) is 28.2 Å². The van der Waals surface area contributed by atoms with Crippen LogP contribution in [0.1, 0.15) is 10.4 Å². The molecular weight excluding hydrogens is 364 g/mol. The minimum atomic E-state index is -3.87. The summed E-state index contributed by atoms with van der Waals surface area (Å²) < 4.78 is 31.1. The van der Waals surface area contributed by atoms with Crippen LogP contribution in [0.4, 0.5) is 0 Å². The first-order valence-electron chi connectivity index (χ1n) is 6.01. The smallest absolute Gasteiger partial charge is 0.337 e. The van der Waals surface area contributed by atoms with Crippen molar-refractivity contribution in [3.63, 3.8) is 0 Å². The number of carbonyl (C=O) groups is 2. The van der Waals surface area contributed by atoms with E-state index in [1.807, 2.05) is 0 Å². The molecule has 1 aliphatic heterocycles. The Morgan fingerprint density at radius 2 is 2.14 bits per heavy atom. The van der Waals surface area contributed by atoms with E-state index in [2.05, 4.69) is 26.0 Å². The van der Waals surface area contributed by atoms with E-state index in [0.717, 1.165) is 4.31 Å². The van der Waals surface area contributed by atoms with Gasteiger partial charge in [-0.1, -0.05) is 0 Å². The van der Waals surface area contributed by atoms with E-state index in [9.17, 15) is 18.0 Å². The number of benzene rings is 1. The van der Waals surface area contributed by atoms with E-state index in [4.69, 9.17) is 0 Å². The summed E-state index contributed by atoms with van der Waals surface area (Å²) in [5.74, 6) is -0.986. The van der Waals surface area contributed by atoms with Crippen LogP contribution >= 0.6 is 15.9 Å². The average molecular weight is 377 g/mol. The topological polar surface area (TPSA) is 92.8 Å². The van der Waals surface area contributed by atoms with Gasteiger partial charge in [-0.25, -0.2) is 13.2 Å². The summed E-state index contributed by atoms with van der Waals surface area (Å²) in [6.45, 7) is 0.201. The molecule has 2 rings (SSSR count). The monoisotopic (exact) mass is 376 g/mol. The molecule has 21 heavy (non-hydrogen) atoms. The third-order valence-corrected chi connectivity index (χ3v) is 5.81. The molecule has 1 amide bonds. The van der Waals surface area contributed by atoms with Crippen molar-refractivity contribution in [2.45, 2.75) is 4.90 Å². The first kappa shape index (κ1) is 15.9. The molecule has 1 N–H and O–H groups in total. The fraction of sp³-hybridized carbons (Fsp3) is 0.333. The van der Waals surface area contributed by atoms with E-state index < -0.39 is 16.0 Å². The Labute approximate surface area is 130 Å². The molecule has 0 aromatic heterocycles. The Morgan fingerprint density at radius 1 is 1.43 bits per heavy atom. The van der Waals surface area contributed by atoms with Crippen LogP contribution in [-0.4, -0.2) is 51.3 Å². The SMILES string of the molecule is COC(=O)c1ccc(Br)c(S(=O)(=O)N2CCNC(=O)C2)c1. The maximum absolute atomic E-state index is 12.6. The molecule has 0 spiro atoms. The van der Waals surface area contributed by atoms with E-state index in [1.54, 1.807) is 0 Å². The molecule has 0 bridgehead atoms. The molecule has 1 fully saturated rings. The van der Waals surface area contributed by atoms with Crippen LogP contribution in [-0.2, 0) is 19.6 Å². The molecule has 1 heterocycles. The standard InChI is InChI=1S/C12H13BrN2O5S/c1-20-12(17)8-2-3-9(13)10(6-8)21(18,19)15-5-4-14-11(16)7-15/h2-3,6H,4-5,7H2,1H3,(H,14,16). The summed E-state index contributed by atoms with van der Waals surface area (Å²) in [5, 5.41) is 2.56. The van der Waals surface area contributed by atoms with Crippen LogP contribution in [0.3, 0.4) is 0 Å². The zero-order chi connectivity index (χ0) is 15.6. The van der Waals surface area contributed by atoms with Crippen molar-refractivity contribution >= 4 is 37.8 Å². The highest BCUT2D eigenvalue weighted by atomic mass is 79.9. The average Bonchev–Trinajstić information content (AvgIpc) is 2.46. The van der Waals surface area contributed by atoms with Crippen molar-refractivity contribution in [2.75, 3.05) is 26.7 Å². The first-order valence-corrected chi connectivity index (χ1v) is 8.24. The van der Waals surface area contributed by atoms with Crippen LogP contribution in [0, 0.1) is 0 Å². The molecular formula is C12H13BrN2O5S. The third kappa shape index (κ3) is 3.25. The molecule has 114 valence electrons. The van der Waals surface area contributed by atoms with Crippen LogP contribution in [0.25, 0.3) is 0 Å². The van der Waals surface area contributed by atoms with Gasteiger partial charge in [0, 0.05) is 17.6 Å². The number of nitrogens with one attached hydrogen (secondary N) is 1. The summed E-state index contributed by atoms with van der Waals surface area (Å²) in [7, 11) is -2.66. The zero-order valence-corrected chi connectivity index (χ0v) is 13.5. The highest BCUT2D eigenvalue weighted by Gasteiger charge is 2.31. The maximum atomic E-state index is 12.6. The lowest BCUT2D eigenvalue weighted by Gasteiger charge is -2.26.